The predicted octanol–water partition coefficient (Wildman–Crippen LogP) is 3.25. The lowest BCUT2D eigenvalue weighted by molar-refractivity contribution is 0.0955. The molecule has 0 unspecified atom stereocenters. The van der Waals surface area contributed by atoms with Gasteiger partial charge in [0.25, 0.3) is 5.91 Å². The van der Waals surface area contributed by atoms with E-state index in [0.717, 1.165) is 11.4 Å². The van der Waals surface area contributed by atoms with Crippen molar-refractivity contribution in [2.45, 2.75) is 0 Å². The summed E-state index contributed by atoms with van der Waals surface area (Å²) in [6.45, 7) is 1.01. The summed E-state index contributed by atoms with van der Waals surface area (Å²) in [6, 6.07) is 18.8. The van der Waals surface area contributed by atoms with Crippen LogP contribution in [-0.2, 0) is 0 Å². The van der Waals surface area contributed by atoms with Gasteiger partial charge in [0, 0.05) is 42.9 Å². The van der Waals surface area contributed by atoms with Crippen molar-refractivity contribution in [3.63, 3.8) is 0 Å². The van der Waals surface area contributed by atoms with Crippen molar-refractivity contribution >= 4 is 23.2 Å². The van der Waals surface area contributed by atoms with Gasteiger partial charge in [0.1, 0.15) is 5.82 Å². The first-order valence-electron chi connectivity index (χ1n) is 9.54. The van der Waals surface area contributed by atoms with E-state index >= 15 is 0 Å². The molecule has 4 rings (SSSR count). The number of benzene rings is 1. The van der Waals surface area contributed by atoms with Crippen LogP contribution in [0.4, 0.5) is 17.3 Å². The Morgan fingerprint density at radius 1 is 0.867 bits per heavy atom. The fraction of sp³-hybridized carbons (Fsp3) is 0.0909. The maximum atomic E-state index is 12.3. The van der Waals surface area contributed by atoms with Crippen LogP contribution in [0.5, 0.6) is 0 Å². The molecule has 1 aromatic carbocycles. The van der Waals surface area contributed by atoms with Gasteiger partial charge in [0.2, 0.25) is 0 Å². The minimum atomic E-state index is -0.113. The number of anilines is 3. The van der Waals surface area contributed by atoms with E-state index in [0.29, 0.717) is 30.3 Å². The Hall–Kier alpha value is -4.20. The molecule has 0 aliphatic carbocycles. The van der Waals surface area contributed by atoms with Crippen LogP contribution >= 0.6 is 0 Å². The van der Waals surface area contributed by atoms with Gasteiger partial charge in [-0.2, -0.15) is 0 Å². The maximum absolute atomic E-state index is 12.3. The van der Waals surface area contributed by atoms with Gasteiger partial charge in [-0.15, -0.1) is 10.2 Å². The Bertz CT molecular complexity index is 1060. The van der Waals surface area contributed by atoms with E-state index in [2.05, 4.69) is 31.1 Å². The fourth-order valence-corrected chi connectivity index (χ4v) is 2.84. The molecule has 3 heterocycles. The molecule has 3 N–H and O–H groups in total. The minimum absolute atomic E-state index is 0.113. The molecule has 3 aromatic heterocycles. The normalized spacial score (nSPS) is 10.4. The Balaban J connectivity index is 1.21. The number of aromatic nitrogens is 4. The lowest BCUT2D eigenvalue weighted by atomic mass is 10.2. The number of rotatable bonds is 8. The summed E-state index contributed by atoms with van der Waals surface area (Å²) in [6.07, 6.45) is 7.35. The monoisotopic (exact) mass is 399 g/mol. The van der Waals surface area contributed by atoms with E-state index in [-0.39, 0.29) is 5.91 Å². The van der Waals surface area contributed by atoms with Gasteiger partial charge in [-0.25, -0.2) is 0 Å². The fourth-order valence-electron chi connectivity index (χ4n) is 2.84. The highest BCUT2D eigenvalue weighted by molar-refractivity contribution is 5.94. The van der Waals surface area contributed by atoms with Crippen molar-refractivity contribution in [2.75, 3.05) is 23.7 Å². The summed E-state index contributed by atoms with van der Waals surface area (Å²) < 4.78 is 1.99. The number of hydrogen-bond donors (Lipinski definition) is 3. The molecule has 30 heavy (non-hydrogen) atoms. The average molecular weight is 399 g/mol. The molecule has 0 aliphatic rings. The second-order valence-electron chi connectivity index (χ2n) is 6.49. The van der Waals surface area contributed by atoms with Crippen LogP contribution in [0.25, 0.3) is 5.69 Å². The Kier molecular flexibility index (Phi) is 5.95. The maximum Gasteiger partial charge on any atom is 0.251 e. The van der Waals surface area contributed by atoms with Gasteiger partial charge < -0.3 is 20.5 Å². The van der Waals surface area contributed by atoms with Crippen molar-refractivity contribution in [3.05, 3.63) is 91.0 Å². The zero-order chi connectivity index (χ0) is 20.6. The van der Waals surface area contributed by atoms with Crippen molar-refractivity contribution in [2.24, 2.45) is 0 Å². The number of hydrogen-bond acceptors (Lipinski definition) is 6. The first-order chi connectivity index (χ1) is 14.8. The average Bonchev–Trinajstić information content (AvgIpc) is 3.33. The van der Waals surface area contributed by atoms with Crippen molar-refractivity contribution in [3.8, 4) is 5.69 Å². The first-order valence-corrected chi connectivity index (χ1v) is 9.54. The van der Waals surface area contributed by atoms with Crippen LogP contribution in [0.15, 0.2) is 85.5 Å². The zero-order valence-electron chi connectivity index (χ0n) is 16.2. The number of nitrogens with zero attached hydrogens (tertiary/aromatic N) is 4. The van der Waals surface area contributed by atoms with Crippen LogP contribution in [0, 0.1) is 0 Å². The Morgan fingerprint density at radius 3 is 2.33 bits per heavy atom. The SMILES string of the molecule is O=C(NCCNc1ccc(Nc2cccnc2)nn1)c1ccc(-n2cccc2)cc1. The van der Waals surface area contributed by atoms with E-state index in [1.54, 1.807) is 12.4 Å². The molecule has 0 saturated carbocycles. The van der Waals surface area contributed by atoms with Gasteiger partial charge >= 0.3 is 0 Å². The number of pyridine rings is 1. The molecule has 0 radical (unpaired) electrons. The van der Waals surface area contributed by atoms with E-state index in [1.807, 2.05) is 77.6 Å². The number of carbonyl (C=O) groups excluding carboxylic acids is 1. The summed E-state index contributed by atoms with van der Waals surface area (Å²) in [5.41, 5.74) is 2.48. The molecule has 0 bridgehead atoms. The second-order valence-corrected chi connectivity index (χ2v) is 6.49. The highest BCUT2D eigenvalue weighted by atomic mass is 16.1. The molecule has 8 heteroatoms. The topological polar surface area (TPSA) is 96.8 Å². The van der Waals surface area contributed by atoms with E-state index < -0.39 is 0 Å². The number of nitrogens with one attached hydrogen (secondary N) is 3. The third-order valence-corrected chi connectivity index (χ3v) is 4.35. The molecule has 1 amide bonds. The van der Waals surface area contributed by atoms with Gasteiger partial charge in [0.05, 0.1) is 11.9 Å². The molecule has 0 spiro atoms. The highest BCUT2D eigenvalue weighted by Crippen LogP contribution is 2.13. The molecule has 8 nitrogen and oxygen atoms in total. The Morgan fingerprint density at radius 2 is 1.63 bits per heavy atom. The largest absolute Gasteiger partial charge is 0.367 e. The Labute approximate surface area is 174 Å². The summed E-state index contributed by atoms with van der Waals surface area (Å²) in [4.78, 5) is 16.3. The molecule has 0 aliphatic heterocycles. The smallest absolute Gasteiger partial charge is 0.251 e. The van der Waals surface area contributed by atoms with Gasteiger partial charge in [-0.05, 0) is 60.7 Å². The van der Waals surface area contributed by atoms with Crippen LogP contribution in [0.3, 0.4) is 0 Å². The van der Waals surface area contributed by atoms with Crippen molar-refractivity contribution in [1.82, 2.24) is 25.1 Å². The highest BCUT2D eigenvalue weighted by Gasteiger charge is 2.05. The van der Waals surface area contributed by atoms with E-state index in [1.165, 1.54) is 0 Å². The van der Waals surface area contributed by atoms with Crippen LogP contribution < -0.4 is 16.0 Å². The lowest BCUT2D eigenvalue weighted by Crippen LogP contribution is -2.28. The standard InChI is InChI=1S/C22H21N7O/c30-22(17-5-7-19(8-6-17)29-14-1-2-15-29)25-13-12-24-20-9-10-21(28-27-20)26-18-4-3-11-23-16-18/h1-11,14-16H,12-13H2,(H,24,27)(H,25,30)(H,26,28). The quantitative estimate of drug-likeness (QED) is 0.394. The minimum Gasteiger partial charge on any atom is -0.367 e. The van der Waals surface area contributed by atoms with Crippen LogP contribution in [0.2, 0.25) is 0 Å². The third-order valence-electron chi connectivity index (χ3n) is 4.35. The second kappa shape index (κ2) is 9.33. The van der Waals surface area contributed by atoms with Crippen molar-refractivity contribution < 1.29 is 4.79 Å². The molecule has 4 aromatic rings. The van der Waals surface area contributed by atoms with Crippen LogP contribution in [-0.4, -0.2) is 38.7 Å². The zero-order valence-corrected chi connectivity index (χ0v) is 16.2. The summed E-state index contributed by atoms with van der Waals surface area (Å²) in [5.74, 6) is 1.15. The number of carbonyl (C=O) groups is 1. The molecule has 0 saturated heterocycles. The predicted molar refractivity (Wildman–Crippen MR) is 116 cm³/mol. The van der Waals surface area contributed by atoms with Gasteiger partial charge in [-0.3, -0.25) is 9.78 Å². The number of amides is 1. The first kappa shape index (κ1) is 19.1. The summed E-state index contributed by atoms with van der Waals surface area (Å²) in [5, 5.41) is 17.4. The molecular formula is C22H21N7O. The van der Waals surface area contributed by atoms with E-state index in [4.69, 9.17) is 0 Å². The molecular weight excluding hydrogens is 378 g/mol. The van der Waals surface area contributed by atoms with Gasteiger partial charge in [0.15, 0.2) is 5.82 Å². The van der Waals surface area contributed by atoms with Crippen LogP contribution in [0.1, 0.15) is 10.4 Å². The lowest BCUT2D eigenvalue weighted by Gasteiger charge is -2.09. The van der Waals surface area contributed by atoms with Gasteiger partial charge in [-0.1, -0.05) is 0 Å². The molecule has 150 valence electrons. The molecule has 0 atom stereocenters. The van der Waals surface area contributed by atoms with Crippen molar-refractivity contribution in [1.29, 1.82) is 0 Å². The summed E-state index contributed by atoms with van der Waals surface area (Å²) in [7, 11) is 0. The van der Waals surface area contributed by atoms with E-state index in [9.17, 15) is 4.79 Å². The summed E-state index contributed by atoms with van der Waals surface area (Å²) >= 11 is 0. The third kappa shape index (κ3) is 4.99. The molecule has 0 fully saturated rings.